The Labute approximate surface area is 97.0 Å². The lowest BCUT2D eigenvalue weighted by Crippen LogP contribution is -2.35. The molecule has 0 aliphatic carbocycles. The van der Waals surface area contributed by atoms with Crippen LogP contribution in [-0.2, 0) is 6.54 Å². The number of fused-ring (bicyclic) bond motifs is 1. The van der Waals surface area contributed by atoms with Crippen molar-refractivity contribution in [3.63, 3.8) is 0 Å². The Balaban J connectivity index is 1.95. The molecule has 0 radical (unpaired) electrons. The highest BCUT2D eigenvalue weighted by Gasteiger charge is 2.26. The molecule has 1 aromatic heterocycles. The van der Waals surface area contributed by atoms with Gasteiger partial charge >= 0.3 is 0 Å². The van der Waals surface area contributed by atoms with Crippen LogP contribution in [0.5, 0.6) is 0 Å². The zero-order chi connectivity index (χ0) is 12.3. The van der Waals surface area contributed by atoms with Crippen LogP contribution in [0.15, 0.2) is 34.7 Å². The summed E-state index contributed by atoms with van der Waals surface area (Å²) in [7, 11) is 0. The van der Waals surface area contributed by atoms with Crippen molar-refractivity contribution in [1.82, 2.24) is 5.32 Å². The molecule has 0 unspecified atom stereocenters. The van der Waals surface area contributed by atoms with Gasteiger partial charge in [0, 0.05) is 5.39 Å². The van der Waals surface area contributed by atoms with Crippen LogP contribution in [0.25, 0.3) is 11.0 Å². The molecule has 2 aromatic rings. The normalized spacial score (nSPS) is 12.2. The smallest absolute Gasteiger partial charge is 0.282 e. The van der Waals surface area contributed by atoms with E-state index in [1.807, 2.05) is 24.3 Å². The van der Waals surface area contributed by atoms with Gasteiger partial charge in [0.1, 0.15) is 18.0 Å². The second-order valence-corrected chi connectivity index (χ2v) is 3.87. The minimum Gasteiger partial charge on any atom is -0.460 e. The average Bonchev–Trinajstić information content (AvgIpc) is 2.71. The van der Waals surface area contributed by atoms with Crippen LogP contribution < -0.4 is 5.32 Å². The van der Waals surface area contributed by atoms with Crippen molar-refractivity contribution < 1.29 is 18.3 Å². The molecule has 0 aliphatic rings. The van der Waals surface area contributed by atoms with Gasteiger partial charge in [0.15, 0.2) is 0 Å². The molecular weight excluding hydrogens is 228 g/mol. The highest BCUT2D eigenvalue weighted by Crippen LogP contribution is 2.18. The summed E-state index contributed by atoms with van der Waals surface area (Å²) in [5, 5.41) is 11.9. The van der Waals surface area contributed by atoms with E-state index < -0.39 is 19.1 Å². The number of benzene rings is 1. The van der Waals surface area contributed by atoms with E-state index >= 15 is 0 Å². The third-order valence-electron chi connectivity index (χ3n) is 2.39. The average molecular weight is 241 g/mol. The number of rotatable bonds is 5. The number of halogens is 2. The van der Waals surface area contributed by atoms with Gasteiger partial charge in [0.05, 0.1) is 13.1 Å². The van der Waals surface area contributed by atoms with Gasteiger partial charge < -0.3 is 14.8 Å². The first-order chi connectivity index (χ1) is 8.11. The molecule has 2 N–H and O–H groups in total. The number of alkyl halides is 2. The molecule has 0 saturated carbocycles. The molecule has 0 atom stereocenters. The van der Waals surface area contributed by atoms with Crippen LogP contribution in [0.3, 0.4) is 0 Å². The maximum Gasteiger partial charge on any atom is 0.282 e. The molecule has 3 nitrogen and oxygen atoms in total. The molecule has 0 saturated heterocycles. The standard InChI is InChI=1S/C12H13F2NO2/c13-12(14,8-16)7-15-6-10-5-9-3-1-2-4-11(9)17-10/h1-5,15-16H,6-8H2. The Morgan fingerprint density at radius 3 is 2.76 bits per heavy atom. The van der Waals surface area contributed by atoms with Gasteiger partial charge in [-0.3, -0.25) is 0 Å². The minimum absolute atomic E-state index is 0.213. The lowest BCUT2D eigenvalue weighted by Gasteiger charge is -2.12. The summed E-state index contributed by atoms with van der Waals surface area (Å²) in [6.07, 6.45) is 0. The van der Waals surface area contributed by atoms with E-state index in [1.165, 1.54) is 0 Å². The van der Waals surface area contributed by atoms with E-state index in [2.05, 4.69) is 5.32 Å². The lowest BCUT2D eigenvalue weighted by molar-refractivity contribution is -0.0479. The Morgan fingerprint density at radius 1 is 1.29 bits per heavy atom. The van der Waals surface area contributed by atoms with Crippen molar-refractivity contribution in [2.45, 2.75) is 12.5 Å². The van der Waals surface area contributed by atoms with E-state index in [0.29, 0.717) is 5.76 Å². The number of nitrogens with one attached hydrogen (secondary N) is 1. The van der Waals surface area contributed by atoms with Gasteiger partial charge in [0.2, 0.25) is 0 Å². The minimum atomic E-state index is -3.09. The number of para-hydroxylation sites is 1. The van der Waals surface area contributed by atoms with E-state index in [4.69, 9.17) is 9.52 Å². The molecule has 92 valence electrons. The first kappa shape index (κ1) is 12.0. The lowest BCUT2D eigenvalue weighted by atomic mass is 10.2. The second-order valence-electron chi connectivity index (χ2n) is 3.87. The van der Waals surface area contributed by atoms with Crippen molar-refractivity contribution in [3.8, 4) is 0 Å². The van der Waals surface area contributed by atoms with Crippen LogP contribution in [0.4, 0.5) is 8.78 Å². The number of furan rings is 1. The summed E-state index contributed by atoms with van der Waals surface area (Å²) in [6.45, 7) is -1.51. The monoisotopic (exact) mass is 241 g/mol. The van der Waals surface area contributed by atoms with Crippen LogP contribution in [0, 0.1) is 0 Å². The van der Waals surface area contributed by atoms with Gasteiger partial charge in [0.25, 0.3) is 5.92 Å². The highest BCUT2D eigenvalue weighted by molar-refractivity contribution is 5.77. The summed E-state index contributed by atoms with van der Waals surface area (Å²) in [4.78, 5) is 0. The van der Waals surface area contributed by atoms with Crippen molar-refractivity contribution in [3.05, 3.63) is 36.1 Å². The molecule has 2 rings (SSSR count). The molecular formula is C12H13F2NO2. The van der Waals surface area contributed by atoms with E-state index in [9.17, 15) is 8.78 Å². The topological polar surface area (TPSA) is 45.4 Å². The maximum absolute atomic E-state index is 12.7. The van der Waals surface area contributed by atoms with Crippen molar-refractivity contribution in [2.24, 2.45) is 0 Å². The molecule has 0 amide bonds. The van der Waals surface area contributed by atoms with Crippen molar-refractivity contribution in [1.29, 1.82) is 0 Å². The Bertz CT molecular complexity index is 463. The summed E-state index contributed by atoms with van der Waals surface area (Å²) in [5.74, 6) is -2.49. The van der Waals surface area contributed by atoms with E-state index in [-0.39, 0.29) is 6.54 Å². The van der Waals surface area contributed by atoms with Crippen molar-refractivity contribution in [2.75, 3.05) is 13.2 Å². The number of hydrogen-bond acceptors (Lipinski definition) is 3. The Hall–Kier alpha value is -1.46. The number of aliphatic hydroxyl groups excluding tert-OH is 1. The second kappa shape index (κ2) is 4.81. The highest BCUT2D eigenvalue weighted by atomic mass is 19.3. The number of hydrogen-bond donors (Lipinski definition) is 2. The largest absolute Gasteiger partial charge is 0.460 e. The van der Waals surface area contributed by atoms with Crippen LogP contribution in [0.1, 0.15) is 5.76 Å². The summed E-state index contributed by atoms with van der Waals surface area (Å²) in [5.41, 5.74) is 0.734. The number of aliphatic hydroxyl groups is 1. The van der Waals surface area contributed by atoms with Gasteiger partial charge in [-0.05, 0) is 12.1 Å². The molecule has 1 aromatic carbocycles. The summed E-state index contributed by atoms with van der Waals surface area (Å²) >= 11 is 0. The SMILES string of the molecule is OCC(F)(F)CNCc1cc2ccccc2o1. The summed E-state index contributed by atoms with van der Waals surface area (Å²) in [6, 6.07) is 9.25. The first-order valence-electron chi connectivity index (χ1n) is 5.27. The zero-order valence-corrected chi connectivity index (χ0v) is 9.12. The van der Waals surface area contributed by atoms with Crippen LogP contribution >= 0.6 is 0 Å². The van der Waals surface area contributed by atoms with Gasteiger partial charge in [-0.25, -0.2) is 8.78 Å². The molecule has 0 spiro atoms. The van der Waals surface area contributed by atoms with Crippen LogP contribution in [-0.4, -0.2) is 24.2 Å². The van der Waals surface area contributed by atoms with E-state index in [0.717, 1.165) is 11.0 Å². The molecule has 5 heteroatoms. The molecule has 0 fully saturated rings. The van der Waals surface area contributed by atoms with Gasteiger partial charge in [-0.15, -0.1) is 0 Å². The van der Waals surface area contributed by atoms with Crippen molar-refractivity contribution >= 4 is 11.0 Å². The molecule has 0 bridgehead atoms. The fourth-order valence-corrected chi connectivity index (χ4v) is 1.55. The first-order valence-corrected chi connectivity index (χ1v) is 5.27. The molecule has 0 aliphatic heterocycles. The Morgan fingerprint density at radius 2 is 2.06 bits per heavy atom. The third-order valence-corrected chi connectivity index (χ3v) is 2.39. The summed E-state index contributed by atoms with van der Waals surface area (Å²) < 4.78 is 30.9. The third kappa shape index (κ3) is 3.01. The zero-order valence-electron chi connectivity index (χ0n) is 9.12. The molecule has 1 heterocycles. The fourth-order valence-electron chi connectivity index (χ4n) is 1.55. The Kier molecular flexibility index (Phi) is 3.40. The van der Waals surface area contributed by atoms with Gasteiger partial charge in [-0.2, -0.15) is 0 Å². The van der Waals surface area contributed by atoms with Gasteiger partial charge in [-0.1, -0.05) is 18.2 Å². The maximum atomic E-state index is 12.7. The van der Waals surface area contributed by atoms with E-state index in [1.54, 1.807) is 6.07 Å². The fraction of sp³-hybridized carbons (Fsp3) is 0.333. The molecule has 17 heavy (non-hydrogen) atoms. The quantitative estimate of drug-likeness (QED) is 0.843. The predicted octanol–water partition coefficient (Wildman–Crippen LogP) is 2.15. The predicted molar refractivity (Wildman–Crippen MR) is 60.0 cm³/mol. The van der Waals surface area contributed by atoms with Crippen LogP contribution in [0.2, 0.25) is 0 Å².